The molecule has 1 fully saturated rings. The molecule has 4 rings (SSSR count). The summed E-state index contributed by atoms with van der Waals surface area (Å²) in [7, 11) is 0. The van der Waals surface area contributed by atoms with Crippen LogP contribution in [0.4, 0.5) is 9.18 Å². The van der Waals surface area contributed by atoms with Crippen molar-refractivity contribution in [2.24, 2.45) is 0 Å². The van der Waals surface area contributed by atoms with Gasteiger partial charge in [0.1, 0.15) is 18.1 Å². The highest BCUT2D eigenvalue weighted by Crippen LogP contribution is 2.16. The summed E-state index contributed by atoms with van der Waals surface area (Å²) in [5.41, 5.74) is 1.76. The van der Waals surface area contributed by atoms with Crippen molar-refractivity contribution in [1.29, 1.82) is 0 Å². The molecule has 0 bridgehead atoms. The lowest BCUT2D eigenvalue weighted by molar-refractivity contribution is -0.133. The maximum Gasteiger partial charge on any atom is 0.318 e. The molecule has 1 saturated heterocycles. The molecule has 1 unspecified atom stereocenters. The number of halogens is 1. The van der Waals surface area contributed by atoms with Crippen LogP contribution in [0.1, 0.15) is 29.7 Å². The third kappa shape index (κ3) is 7.42. The molecule has 184 valence electrons. The second kappa shape index (κ2) is 12.2. The molecule has 0 radical (unpaired) electrons. The molecule has 35 heavy (non-hydrogen) atoms. The first kappa shape index (κ1) is 24.5. The van der Waals surface area contributed by atoms with E-state index < -0.39 is 0 Å². The average molecular weight is 480 g/mol. The van der Waals surface area contributed by atoms with Gasteiger partial charge >= 0.3 is 6.03 Å². The number of benzene rings is 2. The molecule has 7 nitrogen and oxygen atoms in total. The molecule has 1 aliphatic rings. The Balaban J connectivity index is 1.46. The predicted molar refractivity (Wildman–Crippen MR) is 129 cm³/mol. The molecule has 0 aliphatic carbocycles. The Morgan fingerprint density at radius 2 is 1.74 bits per heavy atom. The number of rotatable bonds is 10. The fourth-order valence-corrected chi connectivity index (χ4v) is 4.04. The zero-order valence-corrected chi connectivity index (χ0v) is 19.6. The number of carbonyl (C=O) groups is 2. The maximum absolute atomic E-state index is 13.5. The number of hydrogen-bond acceptors (Lipinski definition) is 4. The molecule has 1 atom stereocenters. The van der Waals surface area contributed by atoms with E-state index in [0.717, 1.165) is 24.0 Å². The normalized spacial score (nSPS) is 15.1. The van der Waals surface area contributed by atoms with Gasteiger partial charge in [-0.05, 0) is 48.2 Å². The summed E-state index contributed by atoms with van der Waals surface area (Å²) in [6.45, 7) is 1.75. The van der Waals surface area contributed by atoms with Crippen molar-refractivity contribution in [3.63, 3.8) is 0 Å². The first-order valence-electron chi connectivity index (χ1n) is 11.8. The number of furan rings is 1. The zero-order valence-electron chi connectivity index (χ0n) is 19.6. The van der Waals surface area contributed by atoms with Crippen molar-refractivity contribution in [3.05, 3.63) is 95.7 Å². The van der Waals surface area contributed by atoms with Gasteiger partial charge in [0.15, 0.2) is 0 Å². The van der Waals surface area contributed by atoms with Gasteiger partial charge in [-0.25, -0.2) is 9.18 Å². The first-order chi connectivity index (χ1) is 17.1. The van der Waals surface area contributed by atoms with Crippen molar-refractivity contribution in [1.82, 2.24) is 15.1 Å². The Morgan fingerprint density at radius 3 is 2.43 bits per heavy atom. The number of carbonyl (C=O) groups excluding carboxylic acids is 2. The monoisotopic (exact) mass is 479 g/mol. The highest BCUT2D eigenvalue weighted by atomic mass is 19.1. The summed E-state index contributed by atoms with van der Waals surface area (Å²) < 4.78 is 24.6. The molecule has 1 N–H and O–H groups in total. The van der Waals surface area contributed by atoms with E-state index in [0.29, 0.717) is 25.5 Å². The highest BCUT2D eigenvalue weighted by Gasteiger charge is 2.27. The van der Waals surface area contributed by atoms with Crippen LogP contribution in [0.3, 0.4) is 0 Å². The van der Waals surface area contributed by atoms with Gasteiger partial charge in [0, 0.05) is 26.2 Å². The Labute approximate surface area is 204 Å². The van der Waals surface area contributed by atoms with Gasteiger partial charge in [-0.2, -0.15) is 0 Å². The van der Waals surface area contributed by atoms with Crippen LogP contribution in [0.2, 0.25) is 0 Å². The molecular weight excluding hydrogens is 449 g/mol. The van der Waals surface area contributed by atoms with Crippen molar-refractivity contribution in [2.45, 2.75) is 38.6 Å². The molecular formula is C27H30FN3O4. The van der Waals surface area contributed by atoms with Crippen LogP contribution in [0.15, 0.2) is 77.4 Å². The number of nitrogens with one attached hydrogen (secondary N) is 1. The average Bonchev–Trinajstić information content (AvgIpc) is 3.58. The van der Waals surface area contributed by atoms with Crippen molar-refractivity contribution in [3.8, 4) is 0 Å². The van der Waals surface area contributed by atoms with E-state index in [1.165, 1.54) is 17.0 Å². The van der Waals surface area contributed by atoms with Gasteiger partial charge in [0.25, 0.3) is 0 Å². The topological polar surface area (TPSA) is 75.0 Å². The van der Waals surface area contributed by atoms with Crippen molar-refractivity contribution in [2.75, 3.05) is 19.7 Å². The minimum atomic E-state index is -0.338. The zero-order chi connectivity index (χ0) is 24.5. The second-order valence-corrected chi connectivity index (χ2v) is 8.62. The fourth-order valence-electron chi connectivity index (χ4n) is 4.04. The van der Waals surface area contributed by atoms with E-state index in [2.05, 4.69) is 5.32 Å². The van der Waals surface area contributed by atoms with E-state index in [-0.39, 0.29) is 43.5 Å². The Bertz CT molecular complexity index is 1070. The minimum Gasteiger partial charge on any atom is -0.467 e. The SMILES string of the molecule is O=C(CN(CC1CCCO1)C(=O)NCc1ccccc1)N(Cc1ccc(F)cc1)Cc1ccco1. The lowest BCUT2D eigenvalue weighted by Gasteiger charge is -2.29. The smallest absolute Gasteiger partial charge is 0.318 e. The number of hydrogen-bond donors (Lipinski definition) is 1. The molecule has 0 saturated carbocycles. The van der Waals surface area contributed by atoms with E-state index in [1.807, 2.05) is 30.3 Å². The summed E-state index contributed by atoms with van der Waals surface area (Å²) in [5.74, 6) is 0.0498. The molecule has 1 aromatic heterocycles. The first-order valence-corrected chi connectivity index (χ1v) is 11.8. The predicted octanol–water partition coefficient (Wildman–Crippen LogP) is 4.34. The van der Waals surface area contributed by atoms with Gasteiger partial charge in [-0.15, -0.1) is 0 Å². The summed E-state index contributed by atoms with van der Waals surface area (Å²) in [4.78, 5) is 29.7. The number of ether oxygens (including phenoxy) is 1. The van der Waals surface area contributed by atoms with Gasteiger partial charge in [0.05, 0.1) is 18.9 Å². The van der Waals surface area contributed by atoms with Gasteiger partial charge in [-0.3, -0.25) is 4.79 Å². The van der Waals surface area contributed by atoms with Crippen LogP contribution in [0.25, 0.3) is 0 Å². The van der Waals surface area contributed by atoms with Crippen LogP contribution < -0.4 is 5.32 Å². The Hall–Kier alpha value is -3.65. The van der Waals surface area contributed by atoms with Gasteiger partial charge in [0.2, 0.25) is 5.91 Å². The second-order valence-electron chi connectivity index (χ2n) is 8.62. The third-order valence-corrected chi connectivity index (χ3v) is 5.91. The van der Waals surface area contributed by atoms with Crippen LogP contribution in [-0.4, -0.2) is 47.5 Å². The molecule has 2 aromatic carbocycles. The van der Waals surface area contributed by atoms with E-state index in [1.54, 1.807) is 35.4 Å². The van der Waals surface area contributed by atoms with Crippen LogP contribution in [-0.2, 0) is 29.2 Å². The number of amides is 3. The largest absolute Gasteiger partial charge is 0.467 e. The lowest BCUT2D eigenvalue weighted by atomic mass is 10.2. The number of urea groups is 1. The Kier molecular flexibility index (Phi) is 8.51. The molecule has 3 amide bonds. The molecule has 0 spiro atoms. The fraction of sp³-hybridized carbons (Fsp3) is 0.333. The number of nitrogens with zero attached hydrogens (tertiary/aromatic N) is 2. The van der Waals surface area contributed by atoms with Crippen LogP contribution in [0, 0.1) is 5.82 Å². The summed E-state index contributed by atoms with van der Waals surface area (Å²) >= 11 is 0. The molecule has 8 heteroatoms. The van der Waals surface area contributed by atoms with E-state index in [9.17, 15) is 14.0 Å². The quantitative estimate of drug-likeness (QED) is 0.470. The van der Waals surface area contributed by atoms with Crippen LogP contribution in [0.5, 0.6) is 0 Å². The minimum absolute atomic E-state index is 0.0964. The van der Waals surface area contributed by atoms with Gasteiger partial charge < -0.3 is 24.3 Å². The van der Waals surface area contributed by atoms with Crippen LogP contribution >= 0.6 is 0 Å². The van der Waals surface area contributed by atoms with Gasteiger partial charge in [-0.1, -0.05) is 42.5 Å². The lowest BCUT2D eigenvalue weighted by Crippen LogP contribution is -2.48. The summed E-state index contributed by atoms with van der Waals surface area (Å²) in [6.07, 6.45) is 3.24. The van der Waals surface area contributed by atoms with Crippen molar-refractivity contribution < 1.29 is 23.1 Å². The summed E-state index contributed by atoms with van der Waals surface area (Å²) in [6, 6.07) is 18.9. The van der Waals surface area contributed by atoms with E-state index in [4.69, 9.17) is 9.15 Å². The molecule has 3 aromatic rings. The standard InChI is InChI=1S/C27H30FN3O4/c28-23-12-10-22(11-13-23)17-30(18-24-8-4-14-34-24)26(32)20-31(19-25-9-5-15-35-25)27(33)29-16-21-6-2-1-3-7-21/h1-4,6-8,10-14,25H,5,9,15-20H2,(H,29,33). The maximum atomic E-state index is 13.5. The molecule has 1 aliphatic heterocycles. The van der Waals surface area contributed by atoms with E-state index >= 15 is 0 Å². The molecule has 2 heterocycles. The Morgan fingerprint density at radius 1 is 0.943 bits per heavy atom. The highest BCUT2D eigenvalue weighted by molar-refractivity contribution is 5.84. The third-order valence-electron chi connectivity index (χ3n) is 5.91. The van der Waals surface area contributed by atoms with Crippen molar-refractivity contribution >= 4 is 11.9 Å². The summed E-state index contributed by atoms with van der Waals surface area (Å²) in [5, 5.41) is 2.92.